The fraction of sp³-hybridized carbons (Fsp3) is 0.500. The lowest BCUT2D eigenvalue weighted by Gasteiger charge is -2.15. The average Bonchev–Trinajstić information content (AvgIpc) is 2.96. The first-order chi connectivity index (χ1) is 10.5. The molecule has 0 aromatic carbocycles. The number of nitrogens with zero attached hydrogens (tertiary/aromatic N) is 2. The number of aliphatic hydroxyl groups excluding tert-OH is 1. The molecule has 0 radical (unpaired) electrons. The highest BCUT2D eigenvalue weighted by atomic mass is 32.2. The topological polar surface area (TPSA) is 79.7 Å². The molecule has 1 saturated heterocycles. The van der Waals surface area contributed by atoms with Gasteiger partial charge in [-0.15, -0.1) is 0 Å². The van der Waals surface area contributed by atoms with Gasteiger partial charge in [0.1, 0.15) is 11.5 Å². The van der Waals surface area contributed by atoms with Crippen molar-refractivity contribution in [3.8, 4) is 5.88 Å². The van der Waals surface area contributed by atoms with Crippen molar-refractivity contribution in [2.24, 2.45) is 0 Å². The van der Waals surface area contributed by atoms with E-state index in [2.05, 4.69) is 4.98 Å². The van der Waals surface area contributed by atoms with Crippen LogP contribution in [0.1, 0.15) is 19.8 Å². The molecule has 1 aromatic rings. The molecule has 1 aliphatic rings. The van der Waals surface area contributed by atoms with E-state index >= 15 is 0 Å². The fourth-order valence-corrected chi connectivity index (χ4v) is 3.50. The monoisotopic (exact) mass is 330 g/mol. The number of pyridine rings is 1. The number of hydrogen-bond donors (Lipinski definition) is 1. The molecule has 0 aliphatic carbocycles. The Balaban J connectivity index is 2.05. The van der Waals surface area contributed by atoms with Gasteiger partial charge in [-0.2, -0.15) is 4.31 Å². The lowest BCUT2D eigenvalue weighted by atomic mass is 10.2. The summed E-state index contributed by atoms with van der Waals surface area (Å²) in [6.07, 6.45) is 2.05. The number of ether oxygens (including phenoxy) is 1. The molecule has 2 heterocycles. The van der Waals surface area contributed by atoms with Gasteiger partial charge in [0.05, 0.1) is 18.6 Å². The van der Waals surface area contributed by atoms with E-state index in [-0.39, 0.29) is 23.9 Å². The van der Waals surface area contributed by atoms with E-state index in [0.29, 0.717) is 31.3 Å². The molecule has 0 bridgehead atoms. The standard InChI is InChI=1S/C14H19FN2O4S/c1-2-11(7-15)10-21-14-4-3-13(8-16-14)22(19,20)17-6-5-12(18)9-17/h3-4,7-8,12,18H,2,5-6,9-10H2,1H3/b11-7+/t12-/m0/s1. The van der Waals surface area contributed by atoms with Crippen molar-refractivity contribution in [3.05, 3.63) is 30.2 Å². The predicted octanol–water partition coefficient (Wildman–Crippen LogP) is 1.48. The minimum Gasteiger partial charge on any atom is -0.473 e. The Kier molecular flexibility index (Phi) is 5.49. The Morgan fingerprint density at radius 1 is 1.59 bits per heavy atom. The summed E-state index contributed by atoms with van der Waals surface area (Å²) in [7, 11) is -3.65. The van der Waals surface area contributed by atoms with Crippen LogP contribution in [-0.2, 0) is 10.0 Å². The third-order valence-corrected chi connectivity index (χ3v) is 5.34. The maximum Gasteiger partial charge on any atom is 0.244 e. The molecule has 1 aliphatic heterocycles. The summed E-state index contributed by atoms with van der Waals surface area (Å²) in [6, 6.07) is 2.83. The van der Waals surface area contributed by atoms with E-state index in [9.17, 15) is 17.9 Å². The van der Waals surface area contributed by atoms with Crippen LogP contribution in [0.25, 0.3) is 0 Å². The number of aliphatic hydroxyl groups is 1. The normalized spacial score (nSPS) is 20.3. The largest absolute Gasteiger partial charge is 0.473 e. The van der Waals surface area contributed by atoms with Gasteiger partial charge in [-0.05, 0) is 24.5 Å². The molecule has 1 aromatic heterocycles. The molecular formula is C14H19FN2O4S. The quantitative estimate of drug-likeness (QED) is 0.854. The molecule has 0 spiro atoms. The Morgan fingerprint density at radius 3 is 2.86 bits per heavy atom. The number of sulfonamides is 1. The molecule has 8 heteroatoms. The number of rotatable bonds is 6. The van der Waals surface area contributed by atoms with Crippen LogP contribution in [0, 0.1) is 0 Å². The minimum atomic E-state index is -3.65. The summed E-state index contributed by atoms with van der Waals surface area (Å²) < 4.78 is 43.6. The third-order valence-electron chi connectivity index (χ3n) is 3.49. The molecule has 6 nitrogen and oxygen atoms in total. The van der Waals surface area contributed by atoms with Crippen molar-refractivity contribution < 1.29 is 22.7 Å². The van der Waals surface area contributed by atoms with Gasteiger partial charge in [0.15, 0.2) is 0 Å². The molecule has 22 heavy (non-hydrogen) atoms. The molecule has 1 atom stereocenters. The summed E-state index contributed by atoms with van der Waals surface area (Å²) in [5.41, 5.74) is 0.490. The molecule has 0 saturated carbocycles. The number of β-amino-alcohol motifs (C(OH)–C–C–N with tert-alkyl or cyclic N) is 1. The van der Waals surface area contributed by atoms with E-state index in [0.717, 1.165) is 0 Å². The first-order valence-electron chi connectivity index (χ1n) is 7.02. The first kappa shape index (κ1) is 16.9. The summed E-state index contributed by atoms with van der Waals surface area (Å²) in [5, 5.41) is 9.44. The maximum atomic E-state index is 12.4. The summed E-state index contributed by atoms with van der Waals surface area (Å²) in [4.78, 5) is 3.98. The van der Waals surface area contributed by atoms with Gasteiger partial charge < -0.3 is 9.84 Å². The molecule has 1 N–H and O–H groups in total. The highest BCUT2D eigenvalue weighted by Gasteiger charge is 2.31. The van der Waals surface area contributed by atoms with Gasteiger partial charge in [0.2, 0.25) is 15.9 Å². The van der Waals surface area contributed by atoms with Crippen molar-refractivity contribution in [2.45, 2.75) is 30.8 Å². The van der Waals surface area contributed by atoms with Gasteiger partial charge >= 0.3 is 0 Å². The van der Waals surface area contributed by atoms with Crippen LogP contribution in [-0.4, -0.2) is 48.6 Å². The predicted molar refractivity (Wildman–Crippen MR) is 78.6 cm³/mol. The molecule has 122 valence electrons. The second-order valence-corrected chi connectivity index (χ2v) is 6.99. The second-order valence-electron chi connectivity index (χ2n) is 5.05. The molecular weight excluding hydrogens is 311 g/mol. The first-order valence-corrected chi connectivity index (χ1v) is 8.46. The zero-order chi connectivity index (χ0) is 16.2. The highest BCUT2D eigenvalue weighted by molar-refractivity contribution is 7.89. The van der Waals surface area contributed by atoms with E-state index in [1.807, 2.05) is 6.92 Å². The van der Waals surface area contributed by atoms with Crippen LogP contribution in [0.3, 0.4) is 0 Å². The zero-order valence-electron chi connectivity index (χ0n) is 12.3. The SMILES string of the molecule is CC/C(=C\F)COc1ccc(S(=O)(=O)N2CC[C@H](O)C2)cn1. The van der Waals surface area contributed by atoms with E-state index in [1.165, 1.54) is 22.6 Å². The summed E-state index contributed by atoms with van der Waals surface area (Å²) in [6.45, 7) is 2.28. The van der Waals surface area contributed by atoms with Gasteiger partial charge in [-0.3, -0.25) is 0 Å². The van der Waals surface area contributed by atoms with Crippen molar-refractivity contribution in [1.82, 2.24) is 9.29 Å². The number of halogens is 1. The minimum absolute atomic E-state index is 0.0469. The van der Waals surface area contributed by atoms with Gasteiger partial charge in [-0.1, -0.05) is 6.92 Å². The fourth-order valence-electron chi connectivity index (χ4n) is 2.06. The summed E-state index contributed by atoms with van der Waals surface area (Å²) >= 11 is 0. The smallest absolute Gasteiger partial charge is 0.244 e. The van der Waals surface area contributed by atoms with Crippen LogP contribution in [0.15, 0.2) is 35.1 Å². The van der Waals surface area contributed by atoms with Crippen LogP contribution < -0.4 is 4.74 Å². The van der Waals surface area contributed by atoms with Crippen LogP contribution in [0.2, 0.25) is 0 Å². The van der Waals surface area contributed by atoms with Gasteiger partial charge in [-0.25, -0.2) is 17.8 Å². The van der Waals surface area contributed by atoms with Crippen molar-refractivity contribution in [3.63, 3.8) is 0 Å². The number of aromatic nitrogens is 1. The molecule has 0 unspecified atom stereocenters. The van der Waals surface area contributed by atoms with Gasteiger partial charge in [0, 0.05) is 19.2 Å². The Labute approximate surface area is 129 Å². The summed E-state index contributed by atoms with van der Waals surface area (Å²) in [5.74, 6) is 0.230. The Bertz CT molecular complexity index is 631. The van der Waals surface area contributed by atoms with E-state index in [1.54, 1.807) is 0 Å². The Morgan fingerprint density at radius 2 is 2.36 bits per heavy atom. The number of hydrogen-bond acceptors (Lipinski definition) is 5. The lowest BCUT2D eigenvalue weighted by molar-refractivity contribution is 0.189. The van der Waals surface area contributed by atoms with E-state index < -0.39 is 16.1 Å². The Hall–Kier alpha value is -1.51. The molecule has 0 amide bonds. The van der Waals surface area contributed by atoms with Crippen molar-refractivity contribution in [2.75, 3.05) is 19.7 Å². The third kappa shape index (κ3) is 3.82. The molecule has 1 fully saturated rings. The average molecular weight is 330 g/mol. The van der Waals surface area contributed by atoms with Crippen LogP contribution in [0.4, 0.5) is 4.39 Å². The molecule has 2 rings (SSSR count). The van der Waals surface area contributed by atoms with Crippen LogP contribution in [0.5, 0.6) is 5.88 Å². The highest BCUT2D eigenvalue weighted by Crippen LogP contribution is 2.21. The van der Waals surface area contributed by atoms with Gasteiger partial charge in [0.25, 0.3) is 0 Å². The van der Waals surface area contributed by atoms with Crippen molar-refractivity contribution in [1.29, 1.82) is 0 Å². The van der Waals surface area contributed by atoms with Crippen LogP contribution >= 0.6 is 0 Å². The maximum absolute atomic E-state index is 12.4. The lowest BCUT2D eigenvalue weighted by Crippen LogP contribution is -2.29. The van der Waals surface area contributed by atoms with Crippen molar-refractivity contribution >= 4 is 10.0 Å². The van der Waals surface area contributed by atoms with E-state index in [4.69, 9.17) is 4.74 Å². The zero-order valence-corrected chi connectivity index (χ0v) is 13.1. The second kappa shape index (κ2) is 7.17.